The molecule has 178 valence electrons. The van der Waals surface area contributed by atoms with Crippen LogP contribution < -0.4 is 10.1 Å². The maximum atomic E-state index is 13.0. The molecule has 2 amide bonds. The number of ether oxygens (including phenoxy) is 1. The van der Waals surface area contributed by atoms with Gasteiger partial charge in [0.1, 0.15) is 5.75 Å². The minimum atomic E-state index is 0.0700. The minimum absolute atomic E-state index is 0.0700. The second-order valence-corrected chi connectivity index (χ2v) is 11.4. The van der Waals surface area contributed by atoms with Gasteiger partial charge in [0.05, 0.1) is 13.5 Å². The van der Waals surface area contributed by atoms with Gasteiger partial charge in [-0.2, -0.15) is 0 Å². The number of fused-ring (bicyclic) bond motifs is 5. The molecule has 33 heavy (non-hydrogen) atoms. The number of methoxy groups -OCH3 is 1. The van der Waals surface area contributed by atoms with Crippen LogP contribution in [0.15, 0.2) is 36.4 Å². The van der Waals surface area contributed by atoms with Crippen LogP contribution in [0.25, 0.3) is 0 Å². The number of carbonyl (C=O) groups excluding carboxylic acids is 2. The van der Waals surface area contributed by atoms with Crippen LogP contribution in [0.1, 0.15) is 57.9 Å². The van der Waals surface area contributed by atoms with Crippen molar-refractivity contribution in [3.8, 4) is 5.75 Å². The van der Waals surface area contributed by atoms with Gasteiger partial charge < -0.3 is 15.0 Å². The maximum absolute atomic E-state index is 13.0. The van der Waals surface area contributed by atoms with Crippen molar-refractivity contribution in [1.29, 1.82) is 0 Å². The Hall–Kier alpha value is -2.30. The molecule has 0 radical (unpaired) electrons. The molecule has 1 aromatic rings. The van der Waals surface area contributed by atoms with Gasteiger partial charge in [-0.05, 0) is 85.5 Å². The van der Waals surface area contributed by atoms with E-state index in [4.69, 9.17) is 4.74 Å². The first-order valence-corrected chi connectivity index (χ1v) is 12.6. The predicted molar refractivity (Wildman–Crippen MR) is 129 cm³/mol. The molecule has 7 atom stereocenters. The van der Waals surface area contributed by atoms with Crippen LogP contribution in [0.3, 0.4) is 0 Å². The summed E-state index contributed by atoms with van der Waals surface area (Å²) in [6.07, 6.45) is 11.3. The third-order valence-corrected chi connectivity index (χ3v) is 9.96. The van der Waals surface area contributed by atoms with Crippen molar-refractivity contribution in [1.82, 2.24) is 10.2 Å². The highest BCUT2D eigenvalue weighted by atomic mass is 16.5. The standard InChI is InChI=1S/C28H38N2O3/c1-27-14-12-22-20(8-11-24-28(22,2)15-13-26(32)30(24)3)21(27)9-10-23(27)29-25(31)17-18-6-5-7-19(16-18)33-4/h5-7,13,15-16,20-24H,8-12,14,17H2,1-4H3,(H,29,31)/t20-,21-,22+,23?,24?,27-,28+/m0/s1. The first-order valence-electron chi connectivity index (χ1n) is 12.6. The van der Waals surface area contributed by atoms with E-state index >= 15 is 0 Å². The van der Waals surface area contributed by atoms with Gasteiger partial charge in [-0.1, -0.05) is 32.1 Å². The van der Waals surface area contributed by atoms with Gasteiger partial charge in [-0.15, -0.1) is 0 Å². The largest absolute Gasteiger partial charge is 0.497 e. The zero-order valence-electron chi connectivity index (χ0n) is 20.5. The van der Waals surface area contributed by atoms with Gasteiger partial charge in [0.2, 0.25) is 11.8 Å². The summed E-state index contributed by atoms with van der Waals surface area (Å²) < 4.78 is 5.31. The predicted octanol–water partition coefficient (Wildman–Crippen LogP) is 4.36. The Labute approximate surface area is 197 Å². The van der Waals surface area contributed by atoms with E-state index in [1.807, 2.05) is 42.3 Å². The lowest BCUT2D eigenvalue weighted by Gasteiger charge is -2.60. The molecule has 3 aliphatic carbocycles. The highest BCUT2D eigenvalue weighted by Crippen LogP contribution is 2.63. The average molecular weight is 451 g/mol. The van der Waals surface area contributed by atoms with Gasteiger partial charge in [0.25, 0.3) is 0 Å². The number of carbonyl (C=O) groups is 2. The van der Waals surface area contributed by atoms with E-state index < -0.39 is 0 Å². The normalized spacial score (nSPS) is 39.5. The Balaban J connectivity index is 1.30. The summed E-state index contributed by atoms with van der Waals surface area (Å²) in [6.45, 7) is 4.82. The Morgan fingerprint density at radius 1 is 1.15 bits per heavy atom. The van der Waals surface area contributed by atoms with Crippen LogP contribution in [0.2, 0.25) is 0 Å². The SMILES string of the molecule is COc1cccc(CC(=O)NC2CC[C@H]3[C@@H]4CCC5N(C)C(=O)C=C[C@]5(C)[C@@H]4CC[C@]23C)c1. The van der Waals surface area contributed by atoms with Crippen LogP contribution in [0, 0.1) is 28.6 Å². The van der Waals surface area contributed by atoms with E-state index in [0.29, 0.717) is 30.2 Å². The molecule has 0 saturated heterocycles. The highest BCUT2D eigenvalue weighted by Gasteiger charge is 2.60. The summed E-state index contributed by atoms with van der Waals surface area (Å²) in [5.74, 6) is 3.00. The average Bonchev–Trinajstić information content (AvgIpc) is 3.13. The molecule has 1 N–H and O–H groups in total. The molecule has 0 bridgehead atoms. The molecule has 3 fully saturated rings. The van der Waals surface area contributed by atoms with Crippen molar-refractivity contribution >= 4 is 11.8 Å². The van der Waals surface area contributed by atoms with Gasteiger partial charge in [-0.3, -0.25) is 9.59 Å². The molecular weight excluding hydrogens is 412 g/mol. The van der Waals surface area contributed by atoms with Gasteiger partial charge in [0.15, 0.2) is 0 Å². The van der Waals surface area contributed by atoms with Crippen molar-refractivity contribution < 1.29 is 14.3 Å². The molecule has 1 heterocycles. The number of amides is 2. The van der Waals surface area contributed by atoms with Crippen molar-refractivity contribution in [2.24, 2.45) is 28.6 Å². The van der Waals surface area contributed by atoms with Crippen molar-refractivity contribution in [2.45, 2.75) is 70.9 Å². The van der Waals surface area contributed by atoms with E-state index in [2.05, 4.69) is 25.2 Å². The molecule has 1 aliphatic heterocycles. The minimum Gasteiger partial charge on any atom is -0.497 e. The molecule has 5 rings (SSSR count). The monoisotopic (exact) mass is 450 g/mol. The van der Waals surface area contributed by atoms with Crippen LogP contribution in [0.5, 0.6) is 5.75 Å². The van der Waals surface area contributed by atoms with Crippen molar-refractivity contribution in [3.05, 3.63) is 42.0 Å². The molecule has 3 saturated carbocycles. The number of hydrogen-bond donors (Lipinski definition) is 1. The number of nitrogens with one attached hydrogen (secondary N) is 1. The van der Waals surface area contributed by atoms with E-state index in [9.17, 15) is 9.59 Å². The lowest BCUT2D eigenvalue weighted by Crippen LogP contribution is -2.60. The van der Waals surface area contributed by atoms with Crippen molar-refractivity contribution in [2.75, 3.05) is 14.2 Å². The summed E-state index contributed by atoms with van der Waals surface area (Å²) in [5.41, 5.74) is 1.22. The fourth-order valence-corrected chi connectivity index (χ4v) is 8.19. The molecule has 2 unspecified atom stereocenters. The maximum Gasteiger partial charge on any atom is 0.246 e. The van der Waals surface area contributed by atoms with Crippen LogP contribution >= 0.6 is 0 Å². The number of rotatable bonds is 4. The van der Waals surface area contributed by atoms with Gasteiger partial charge in [0, 0.05) is 24.5 Å². The van der Waals surface area contributed by atoms with Gasteiger partial charge >= 0.3 is 0 Å². The zero-order chi connectivity index (χ0) is 23.4. The molecule has 0 aromatic heterocycles. The Morgan fingerprint density at radius 2 is 1.97 bits per heavy atom. The smallest absolute Gasteiger partial charge is 0.246 e. The zero-order valence-corrected chi connectivity index (χ0v) is 20.5. The number of hydrogen-bond acceptors (Lipinski definition) is 3. The fraction of sp³-hybridized carbons (Fsp3) is 0.643. The third kappa shape index (κ3) is 3.59. The van der Waals surface area contributed by atoms with Crippen molar-refractivity contribution in [3.63, 3.8) is 0 Å². The summed E-state index contributed by atoms with van der Waals surface area (Å²) in [6, 6.07) is 8.36. The lowest BCUT2D eigenvalue weighted by molar-refractivity contribution is -0.138. The summed E-state index contributed by atoms with van der Waals surface area (Å²) in [5, 5.41) is 3.43. The second-order valence-electron chi connectivity index (χ2n) is 11.4. The highest BCUT2D eigenvalue weighted by molar-refractivity contribution is 5.89. The van der Waals surface area contributed by atoms with Crippen LogP contribution in [-0.4, -0.2) is 43.0 Å². The van der Waals surface area contributed by atoms with E-state index in [1.54, 1.807) is 7.11 Å². The molecular formula is C28H38N2O3. The van der Waals surface area contributed by atoms with Crippen LogP contribution in [-0.2, 0) is 16.0 Å². The first kappa shape index (κ1) is 22.5. The van der Waals surface area contributed by atoms with E-state index in [-0.39, 0.29) is 28.7 Å². The van der Waals surface area contributed by atoms with Gasteiger partial charge in [-0.25, -0.2) is 0 Å². The second kappa shape index (κ2) is 8.18. The topological polar surface area (TPSA) is 58.6 Å². The Bertz CT molecular complexity index is 974. The number of nitrogens with zero attached hydrogens (tertiary/aromatic N) is 1. The summed E-state index contributed by atoms with van der Waals surface area (Å²) in [7, 11) is 3.63. The number of likely N-dealkylation sites (N-methyl/N-ethyl adjacent to an activating group) is 1. The van der Waals surface area contributed by atoms with E-state index in [1.165, 1.54) is 19.3 Å². The van der Waals surface area contributed by atoms with E-state index in [0.717, 1.165) is 30.6 Å². The molecule has 1 aromatic carbocycles. The Kier molecular flexibility index (Phi) is 5.57. The Morgan fingerprint density at radius 3 is 2.76 bits per heavy atom. The molecule has 5 nitrogen and oxygen atoms in total. The number of benzene rings is 1. The quantitative estimate of drug-likeness (QED) is 0.741. The molecule has 0 spiro atoms. The fourth-order valence-electron chi connectivity index (χ4n) is 8.19. The molecule has 5 heteroatoms. The lowest BCUT2D eigenvalue weighted by atomic mass is 9.48. The summed E-state index contributed by atoms with van der Waals surface area (Å²) >= 11 is 0. The molecule has 4 aliphatic rings. The summed E-state index contributed by atoms with van der Waals surface area (Å²) in [4.78, 5) is 27.3. The third-order valence-electron chi connectivity index (χ3n) is 9.96. The first-order chi connectivity index (χ1) is 15.8. The van der Waals surface area contributed by atoms with Crippen LogP contribution in [0.4, 0.5) is 0 Å².